The Morgan fingerprint density at radius 1 is 0.929 bits per heavy atom. The summed E-state index contributed by atoms with van der Waals surface area (Å²) < 4.78 is 13.8. The van der Waals surface area contributed by atoms with Gasteiger partial charge < -0.3 is 0 Å². The minimum absolute atomic E-state index is 0.0361. The number of benzene rings is 2. The van der Waals surface area contributed by atoms with Gasteiger partial charge in [-0.1, -0.05) is 42.5 Å². The van der Waals surface area contributed by atoms with Crippen molar-refractivity contribution in [2.45, 2.75) is 31.1 Å². The van der Waals surface area contributed by atoms with Crippen LogP contribution in [0.1, 0.15) is 42.2 Å². The van der Waals surface area contributed by atoms with E-state index < -0.39 is 5.92 Å². The number of ketones is 1. The first-order valence-corrected chi connectivity index (χ1v) is 9.52. The van der Waals surface area contributed by atoms with Crippen LogP contribution in [0.25, 0.3) is 0 Å². The lowest BCUT2D eigenvalue weighted by molar-refractivity contribution is -0.143. The lowest BCUT2D eigenvalue weighted by Gasteiger charge is -2.42. The monoisotopic (exact) mass is 378 g/mol. The van der Waals surface area contributed by atoms with Crippen molar-refractivity contribution >= 4 is 11.7 Å². The van der Waals surface area contributed by atoms with E-state index >= 15 is 0 Å². The van der Waals surface area contributed by atoms with Crippen molar-refractivity contribution < 1.29 is 14.0 Å². The van der Waals surface area contributed by atoms with Gasteiger partial charge in [-0.05, 0) is 35.6 Å². The van der Waals surface area contributed by atoms with Crippen LogP contribution in [0.3, 0.4) is 0 Å². The fourth-order valence-corrected chi connectivity index (χ4v) is 4.45. The molecule has 2 aliphatic rings. The average Bonchev–Trinajstić information content (AvgIpc) is 2.67. The van der Waals surface area contributed by atoms with E-state index in [4.69, 9.17) is 0 Å². The van der Waals surface area contributed by atoms with Crippen molar-refractivity contribution in [2.75, 3.05) is 14.1 Å². The molecule has 144 valence electrons. The van der Waals surface area contributed by atoms with Gasteiger partial charge in [0.25, 0.3) is 0 Å². The Labute approximate surface area is 164 Å². The molecular weight excluding hydrogens is 355 g/mol. The molecule has 0 unspecified atom stereocenters. The van der Waals surface area contributed by atoms with Crippen molar-refractivity contribution in [2.24, 2.45) is 0 Å². The number of nitrogens with zero attached hydrogens (tertiary/aromatic N) is 2. The third-order valence-electron chi connectivity index (χ3n) is 5.62. The quantitative estimate of drug-likeness (QED) is 0.810. The topological polar surface area (TPSA) is 40.6 Å². The minimum Gasteiger partial charge on any atom is -0.294 e. The highest BCUT2D eigenvalue weighted by molar-refractivity contribution is 6.02. The zero-order valence-electron chi connectivity index (χ0n) is 16.1. The molecule has 4 nitrogen and oxygen atoms in total. The molecule has 0 radical (unpaired) electrons. The summed E-state index contributed by atoms with van der Waals surface area (Å²) in [6.07, 6.45) is 1.19. The highest BCUT2D eigenvalue weighted by Crippen LogP contribution is 2.45. The highest BCUT2D eigenvalue weighted by atomic mass is 19.1. The Hall–Kier alpha value is -2.79. The van der Waals surface area contributed by atoms with Crippen molar-refractivity contribution in [3.63, 3.8) is 0 Å². The van der Waals surface area contributed by atoms with Crippen LogP contribution in [0.5, 0.6) is 0 Å². The van der Waals surface area contributed by atoms with Gasteiger partial charge >= 0.3 is 0 Å². The maximum atomic E-state index is 13.8. The van der Waals surface area contributed by atoms with Crippen LogP contribution in [0, 0.1) is 5.82 Å². The van der Waals surface area contributed by atoms with Gasteiger partial charge in [0.15, 0.2) is 5.78 Å². The fourth-order valence-electron chi connectivity index (χ4n) is 4.45. The van der Waals surface area contributed by atoms with Crippen molar-refractivity contribution in [3.8, 4) is 0 Å². The molecule has 0 spiro atoms. The molecule has 1 aliphatic carbocycles. The average molecular weight is 378 g/mol. The molecule has 1 heterocycles. The van der Waals surface area contributed by atoms with Gasteiger partial charge in [-0.25, -0.2) is 14.4 Å². The van der Waals surface area contributed by atoms with Crippen molar-refractivity contribution in [3.05, 3.63) is 82.8 Å². The van der Waals surface area contributed by atoms with Crippen LogP contribution in [0.15, 0.2) is 65.9 Å². The summed E-state index contributed by atoms with van der Waals surface area (Å²) in [6, 6.07) is 16.2. The van der Waals surface area contributed by atoms with Gasteiger partial charge in [0, 0.05) is 44.1 Å². The number of hydrogen-bond donors (Lipinski definition) is 0. The Bertz CT molecular complexity index is 952. The zero-order valence-corrected chi connectivity index (χ0v) is 16.1. The predicted octanol–water partition coefficient (Wildman–Crippen LogP) is 4.02. The van der Waals surface area contributed by atoms with Gasteiger partial charge in [0.2, 0.25) is 5.91 Å². The Morgan fingerprint density at radius 3 is 2.32 bits per heavy atom. The molecule has 1 amide bonds. The number of halogens is 1. The number of carbonyl (C=O) groups excluding carboxylic acids is 2. The van der Waals surface area contributed by atoms with Crippen molar-refractivity contribution in [1.82, 2.24) is 10.0 Å². The van der Waals surface area contributed by atoms with E-state index in [1.165, 1.54) is 12.1 Å². The van der Waals surface area contributed by atoms with E-state index in [1.807, 2.05) is 44.4 Å². The number of rotatable bonds is 3. The highest BCUT2D eigenvalue weighted by Gasteiger charge is 2.42. The molecule has 1 aliphatic heterocycles. The van der Waals surface area contributed by atoms with Crippen LogP contribution in [-0.4, -0.2) is 35.8 Å². The largest absolute Gasteiger partial charge is 0.294 e. The molecule has 2 atom stereocenters. The Balaban J connectivity index is 1.82. The molecule has 0 aromatic heterocycles. The summed E-state index contributed by atoms with van der Waals surface area (Å²) in [4.78, 5) is 26.2. The smallest absolute Gasteiger partial charge is 0.242 e. The SMILES string of the molecule is CN(C)N1C(=O)C[C@H](c2cccc(F)c2)C2=C1C[C@@H](c1ccccc1)CC2=O. The normalized spacial score (nSPS) is 22.6. The second-order valence-corrected chi connectivity index (χ2v) is 7.66. The molecule has 0 fully saturated rings. The third kappa shape index (κ3) is 3.27. The first-order valence-electron chi connectivity index (χ1n) is 9.52. The van der Waals surface area contributed by atoms with Gasteiger partial charge in [0.05, 0.1) is 0 Å². The van der Waals surface area contributed by atoms with Gasteiger partial charge in [-0.3, -0.25) is 9.59 Å². The summed E-state index contributed by atoms with van der Waals surface area (Å²) >= 11 is 0. The van der Waals surface area contributed by atoms with E-state index in [2.05, 4.69) is 0 Å². The molecule has 28 heavy (non-hydrogen) atoms. The van der Waals surface area contributed by atoms with E-state index in [0.29, 0.717) is 24.0 Å². The Kier molecular flexibility index (Phi) is 4.85. The third-order valence-corrected chi connectivity index (χ3v) is 5.62. The molecule has 0 saturated carbocycles. The molecule has 0 bridgehead atoms. The zero-order chi connectivity index (χ0) is 19.8. The van der Waals surface area contributed by atoms with Crippen LogP contribution in [0.2, 0.25) is 0 Å². The van der Waals surface area contributed by atoms with E-state index in [0.717, 1.165) is 11.3 Å². The van der Waals surface area contributed by atoms with Crippen LogP contribution in [-0.2, 0) is 9.59 Å². The molecule has 5 heteroatoms. The first kappa shape index (κ1) is 18.6. The number of hydrazine groups is 1. The number of carbonyl (C=O) groups is 2. The summed E-state index contributed by atoms with van der Waals surface area (Å²) in [5, 5.41) is 3.36. The summed E-state index contributed by atoms with van der Waals surface area (Å²) in [5.41, 5.74) is 3.19. The standard InChI is InChI=1S/C23H23FN2O2/c1-25(2)26-20-12-17(15-7-4-3-5-8-15)13-21(27)23(20)19(14-22(26)28)16-9-6-10-18(24)11-16/h3-11,17,19H,12-14H2,1-2H3/t17-,19-/m1/s1. The lowest BCUT2D eigenvalue weighted by Crippen LogP contribution is -2.47. The van der Waals surface area contributed by atoms with Gasteiger partial charge in [-0.15, -0.1) is 0 Å². The molecule has 0 N–H and O–H groups in total. The molecule has 2 aromatic carbocycles. The van der Waals surface area contributed by atoms with Crippen LogP contribution < -0.4 is 0 Å². The summed E-state index contributed by atoms with van der Waals surface area (Å²) in [6.45, 7) is 0. The van der Waals surface area contributed by atoms with Crippen LogP contribution >= 0.6 is 0 Å². The van der Waals surface area contributed by atoms with Gasteiger partial charge in [-0.2, -0.15) is 0 Å². The summed E-state index contributed by atoms with van der Waals surface area (Å²) in [7, 11) is 3.61. The molecule has 4 rings (SSSR count). The first-order chi connectivity index (χ1) is 13.5. The number of hydrogen-bond acceptors (Lipinski definition) is 3. The van der Waals surface area contributed by atoms with E-state index in [1.54, 1.807) is 22.2 Å². The number of Topliss-reactive ketones (excluding diaryl/α,β-unsaturated/α-hetero) is 1. The predicted molar refractivity (Wildman–Crippen MR) is 105 cm³/mol. The second-order valence-electron chi connectivity index (χ2n) is 7.66. The minimum atomic E-state index is -0.390. The number of amides is 1. The maximum absolute atomic E-state index is 13.8. The molecule has 2 aromatic rings. The van der Waals surface area contributed by atoms with Gasteiger partial charge in [0.1, 0.15) is 5.82 Å². The molecular formula is C23H23FN2O2. The lowest BCUT2D eigenvalue weighted by atomic mass is 9.73. The number of allylic oxidation sites excluding steroid dienone is 2. The second kappa shape index (κ2) is 7.32. The fraction of sp³-hybridized carbons (Fsp3) is 0.304. The van der Waals surface area contributed by atoms with Crippen LogP contribution in [0.4, 0.5) is 4.39 Å². The van der Waals surface area contributed by atoms with E-state index in [9.17, 15) is 14.0 Å². The Morgan fingerprint density at radius 2 is 1.64 bits per heavy atom. The molecule has 0 saturated heterocycles. The summed E-state index contributed by atoms with van der Waals surface area (Å²) in [5.74, 6) is -0.733. The van der Waals surface area contributed by atoms with E-state index in [-0.39, 0.29) is 29.8 Å². The van der Waals surface area contributed by atoms with Crippen molar-refractivity contribution in [1.29, 1.82) is 0 Å². The maximum Gasteiger partial charge on any atom is 0.242 e.